The van der Waals surface area contributed by atoms with Crippen molar-refractivity contribution in [1.82, 2.24) is 15.0 Å². The Balaban J connectivity index is 2.28. The average molecular weight is 450 g/mol. The molecule has 3 rings (SSSR count). The van der Waals surface area contributed by atoms with Crippen molar-refractivity contribution in [1.29, 1.82) is 0 Å². The summed E-state index contributed by atoms with van der Waals surface area (Å²) in [6, 6.07) is 6.31. The molecule has 2 heterocycles. The van der Waals surface area contributed by atoms with Gasteiger partial charge in [0.1, 0.15) is 16.7 Å². The van der Waals surface area contributed by atoms with Gasteiger partial charge in [0.2, 0.25) is 0 Å². The summed E-state index contributed by atoms with van der Waals surface area (Å²) in [5.41, 5.74) is 0.805. The monoisotopic (exact) mass is 450 g/mol. The Labute approximate surface area is 181 Å². The van der Waals surface area contributed by atoms with Gasteiger partial charge in [-0.15, -0.1) is 11.8 Å². The molecule has 0 aliphatic rings. The number of carbonyl (C=O) groups excluding carboxylic acids is 1. The third kappa shape index (κ3) is 4.58. The normalized spacial score (nSPS) is 11.6. The van der Waals surface area contributed by atoms with E-state index >= 15 is 0 Å². The molecule has 0 bridgehead atoms. The Morgan fingerprint density at radius 3 is 2.23 bits per heavy atom. The van der Waals surface area contributed by atoms with Crippen molar-refractivity contribution >= 4 is 34.6 Å². The number of aromatic nitrogens is 3. The minimum Gasteiger partial charge on any atom is -0.464 e. The number of nitrogens with zero attached hydrogens (tertiary/aromatic N) is 4. The Hall–Kier alpha value is -2.88. The van der Waals surface area contributed by atoms with Crippen LogP contribution in [0, 0.1) is 0 Å². The third-order valence-corrected chi connectivity index (χ3v) is 5.50. The van der Waals surface area contributed by atoms with E-state index in [0.717, 1.165) is 12.1 Å². The quantitative estimate of drug-likeness (QED) is 0.384. The molecule has 3 aromatic rings. The number of fused-ring (bicyclic) bond motifs is 1. The molecule has 1 aromatic carbocycles. The second-order valence-electron chi connectivity index (χ2n) is 6.52. The van der Waals surface area contributed by atoms with E-state index in [1.165, 1.54) is 31.0 Å². The second-order valence-corrected chi connectivity index (χ2v) is 7.36. The van der Waals surface area contributed by atoms with Gasteiger partial charge in [-0.3, -0.25) is 0 Å². The lowest BCUT2D eigenvalue weighted by atomic mass is 10.1. The number of pyridine rings is 1. The van der Waals surface area contributed by atoms with Gasteiger partial charge in [-0.25, -0.2) is 19.7 Å². The number of benzene rings is 1. The number of rotatable bonds is 6. The number of ether oxygens (including phenoxy) is 1. The fourth-order valence-electron chi connectivity index (χ4n) is 3.11. The van der Waals surface area contributed by atoms with Crippen LogP contribution in [-0.4, -0.2) is 47.4 Å². The molecule has 0 aliphatic heterocycles. The van der Waals surface area contributed by atoms with Crippen molar-refractivity contribution in [3.05, 3.63) is 41.6 Å². The highest BCUT2D eigenvalue weighted by Gasteiger charge is 2.30. The highest BCUT2D eigenvalue weighted by molar-refractivity contribution is 7.98. The Kier molecular flexibility index (Phi) is 6.68. The Morgan fingerprint density at radius 1 is 1.06 bits per heavy atom. The number of thioether (sulfide) groups is 1. The molecular weight excluding hydrogens is 429 g/mol. The molecular formula is C21H21F3N4O2S. The van der Waals surface area contributed by atoms with Gasteiger partial charge < -0.3 is 9.64 Å². The number of hydrogen-bond donors (Lipinski definition) is 0. The van der Waals surface area contributed by atoms with Crippen LogP contribution in [0.5, 0.6) is 0 Å². The number of methoxy groups -OCH3 is 1. The number of anilines is 1. The number of esters is 1. The van der Waals surface area contributed by atoms with Crippen molar-refractivity contribution in [2.75, 3.05) is 31.4 Å². The van der Waals surface area contributed by atoms with Gasteiger partial charge in [0.25, 0.3) is 0 Å². The first-order chi connectivity index (χ1) is 14.7. The van der Waals surface area contributed by atoms with Gasteiger partial charge in [-0.1, -0.05) is 12.1 Å². The lowest BCUT2D eigenvalue weighted by Crippen LogP contribution is -2.24. The van der Waals surface area contributed by atoms with Gasteiger partial charge in [-0.05, 0) is 38.3 Å². The van der Waals surface area contributed by atoms with Gasteiger partial charge in [-0.2, -0.15) is 13.2 Å². The minimum absolute atomic E-state index is 0.138. The molecule has 0 radical (unpaired) electrons. The van der Waals surface area contributed by atoms with Crippen LogP contribution in [0.15, 0.2) is 35.2 Å². The predicted octanol–water partition coefficient (Wildman–Crippen LogP) is 5.07. The molecule has 31 heavy (non-hydrogen) atoms. The molecule has 0 fully saturated rings. The molecule has 0 aliphatic carbocycles. The summed E-state index contributed by atoms with van der Waals surface area (Å²) in [6.07, 6.45) is -2.58. The van der Waals surface area contributed by atoms with E-state index in [2.05, 4.69) is 15.0 Å². The molecule has 2 aromatic heterocycles. The molecule has 10 heteroatoms. The molecule has 0 N–H and O–H groups in total. The summed E-state index contributed by atoms with van der Waals surface area (Å²) < 4.78 is 43.6. The predicted molar refractivity (Wildman–Crippen MR) is 114 cm³/mol. The van der Waals surface area contributed by atoms with Gasteiger partial charge in [0, 0.05) is 23.5 Å². The van der Waals surface area contributed by atoms with Crippen molar-refractivity contribution in [3.63, 3.8) is 0 Å². The molecule has 0 amide bonds. The molecule has 6 nitrogen and oxygen atoms in total. The van der Waals surface area contributed by atoms with E-state index in [0.29, 0.717) is 40.4 Å². The van der Waals surface area contributed by atoms with Crippen molar-refractivity contribution in [2.24, 2.45) is 0 Å². The van der Waals surface area contributed by atoms with E-state index < -0.39 is 17.7 Å². The van der Waals surface area contributed by atoms with Crippen LogP contribution in [0.4, 0.5) is 19.0 Å². The molecule has 0 spiro atoms. The number of carbonyl (C=O) groups is 1. The van der Waals surface area contributed by atoms with Crippen molar-refractivity contribution in [2.45, 2.75) is 24.9 Å². The molecule has 0 atom stereocenters. The standard InChI is InChI=1S/C21H21F3N4O2S/c1-5-28(6-2)19-17-16(15(31-4)11-14(25-17)20(29)30-3)26-18(27-19)12-7-9-13(10-8-12)21(22,23)24/h7-11H,5-6H2,1-4H3. The van der Waals surface area contributed by atoms with Crippen molar-refractivity contribution < 1.29 is 22.7 Å². The lowest BCUT2D eigenvalue weighted by molar-refractivity contribution is -0.137. The minimum atomic E-state index is -4.42. The maximum Gasteiger partial charge on any atom is 0.416 e. The SMILES string of the molecule is CCN(CC)c1nc(-c2ccc(C(F)(F)F)cc2)nc2c(SC)cc(C(=O)OC)nc12. The second kappa shape index (κ2) is 9.09. The van der Waals surface area contributed by atoms with Crippen LogP contribution in [0.3, 0.4) is 0 Å². The topological polar surface area (TPSA) is 68.2 Å². The van der Waals surface area contributed by atoms with Crippen LogP contribution >= 0.6 is 11.8 Å². The van der Waals surface area contributed by atoms with Gasteiger partial charge >= 0.3 is 12.1 Å². The van der Waals surface area contributed by atoms with Gasteiger partial charge in [0.05, 0.1) is 12.7 Å². The first-order valence-corrected chi connectivity index (χ1v) is 10.7. The van der Waals surface area contributed by atoms with Crippen LogP contribution in [-0.2, 0) is 10.9 Å². The summed E-state index contributed by atoms with van der Waals surface area (Å²) in [6.45, 7) is 5.14. The largest absolute Gasteiger partial charge is 0.464 e. The summed E-state index contributed by atoms with van der Waals surface area (Å²) in [5.74, 6) is 0.214. The summed E-state index contributed by atoms with van der Waals surface area (Å²) >= 11 is 1.38. The van der Waals surface area contributed by atoms with E-state index in [9.17, 15) is 18.0 Å². The maximum absolute atomic E-state index is 12.9. The van der Waals surface area contributed by atoms with Crippen LogP contribution in [0.25, 0.3) is 22.4 Å². The number of alkyl halides is 3. The van der Waals surface area contributed by atoms with Crippen LogP contribution in [0.2, 0.25) is 0 Å². The van der Waals surface area contributed by atoms with Crippen molar-refractivity contribution in [3.8, 4) is 11.4 Å². The van der Waals surface area contributed by atoms with E-state index in [1.54, 1.807) is 6.07 Å². The summed E-state index contributed by atoms with van der Waals surface area (Å²) in [4.78, 5) is 28.4. The Bertz CT molecular complexity index is 1100. The number of hydrogen-bond acceptors (Lipinski definition) is 7. The zero-order chi connectivity index (χ0) is 22.8. The smallest absolute Gasteiger partial charge is 0.416 e. The molecule has 0 unspecified atom stereocenters. The van der Waals surface area contributed by atoms with Crippen LogP contribution < -0.4 is 4.90 Å². The first-order valence-electron chi connectivity index (χ1n) is 9.51. The highest BCUT2D eigenvalue weighted by atomic mass is 32.2. The molecule has 0 saturated heterocycles. The van der Waals surface area contributed by atoms with E-state index in [-0.39, 0.29) is 11.5 Å². The third-order valence-electron chi connectivity index (χ3n) is 4.75. The number of halogens is 3. The average Bonchev–Trinajstić information content (AvgIpc) is 2.77. The first kappa shape index (κ1) is 22.8. The van der Waals surface area contributed by atoms with Gasteiger partial charge in [0.15, 0.2) is 11.6 Å². The zero-order valence-corrected chi connectivity index (χ0v) is 18.3. The fraction of sp³-hybridized carbons (Fsp3) is 0.333. The highest BCUT2D eigenvalue weighted by Crippen LogP contribution is 2.34. The Morgan fingerprint density at radius 2 is 1.71 bits per heavy atom. The molecule has 0 saturated carbocycles. The van der Waals surface area contributed by atoms with Crippen LogP contribution in [0.1, 0.15) is 29.9 Å². The van der Waals surface area contributed by atoms with E-state index in [4.69, 9.17) is 4.74 Å². The fourth-order valence-corrected chi connectivity index (χ4v) is 3.67. The van der Waals surface area contributed by atoms with E-state index in [1.807, 2.05) is 25.0 Å². The lowest BCUT2D eigenvalue weighted by Gasteiger charge is -2.22. The molecule has 164 valence electrons. The zero-order valence-electron chi connectivity index (χ0n) is 17.4. The maximum atomic E-state index is 12.9. The summed E-state index contributed by atoms with van der Waals surface area (Å²) in [7, 11) is 1.28. The summed E-state index contributed by atoms with van der Waals surface area (Å²) in [5, 5.41) is 0.